The van der Waals surface area contributed by atoms with Crippen molar-refractivity contribution in [1.82, 2.24) is 4.72 Å². The average molecular weight is 322 g/mol. The van der Waals surface area contributed by atoms with E-state index in [4.69, 9.17) is 23.2 Å². The third-order valence-electron chi connectivity index (χ3n) is 2.71. The standard InChI is InChI=1S/C14H21Cl2NOS/c1-10(17-19(18)14(2,3)4)5-6-11-7-8-12(15)13(16)9-11/h7-10,17H,5-6H2,1-4H3/t10-,19-/m1/s1. The zero-order valence-electron chi connectivity index (χ0n) is 11.8. The first-order valence-corrected chi connectivity index (χ1v) is 8.22. The third kappa shape index (κ3) is 5.92. The summed E-state index contributed by atoms with van der Waals surface area (Å²) in [6.07, 6.45) is 1.78. The second kappa shape index (κ2) is 7.19. The minimum Gasteiger partial charge on any atom is -0.598 e. The van der Waals surface area contributed by atoms with Crippen LogP contribution < -0.4 is 4.72 Å². The summed E-state index contributed by atoms with van der Waals surface area (Å²) in [5, 5.41) is 1.16. The second-order valence-corrected chi connectivity index (χ2v) is 8.50. The first-order chi connectivity index (χ1) is 8.70. The summed E-state index contributed by atoms with van der Waals surface area (Å²) in [6.45, 7) is 7.92. The van der Waals surface area contributed by atoms with E-state index < -0.39 is 11.4 Å². The molecule has 0 saturated heterocycles. The van der Waals surface area contributed by atoms with Crippen LogP contribution in [0.4, 0.5) is 0 Å². The molecule has 0 aliphatic heterocycles. The molecule has 0 aliphatic carbocycles. The highest BCUT2D eigenvalue weighted by atomic mass is 35.5. The van der Waals surface area contributed by atoms with Gasteiger partial charge in [0.1, 0.15) is 4.75 Å². The Morgan fingerprint density at radius 3 is 2.42 bits per heavy atom. The van der Waals surface area contributed by atoms with Crippen molar-refractivity contribution in [2.24, 2.45) is 0 Å². The van der Waals surface area contributed by atoms with Gasteiger partial charge in [0.2, 0.25) is 0 Å². The summed E-state index contributed by atoms with van der Waals surface area (Å²) in [5.74, 6) is 0. The number of nitrogens with one attached hydrogen (secondary N) is 1. The molecule has 0 radical (unpaired) electrons. The fraction of sp³-hybridized carbons (Fsp3) is 0.571. The van der Waals surface area contributed by atoms with Crippen molar-refractivity contribution in [2.75, 3.05) is 0 Å². The molecule has 0 spiro atoms. The van der Waals surface area contributed by atoms with Crippen molar-refractivity contribution in [3.8, 4) is 0 Å². The predicted molar refractivity (Wildman–Crippen MR) is 85.3 cm³/mol. The maximum absolute atomic E-state index is 11.9. The number of hydrogen-bond donors (Lipinski definition) is 1. The van der Waals surface area contributed by atoms with E-state index in [-0.39, 0.29) is 10.8 Å². The number of aryl methyl sites for hydroxylation is 1. The van der Waals surface area contributed by atoms with E-state index in [1.807, 2.05) is 45.9 Å². The molecule has 5 heteroatoms. The third-order valence-corrected chi connectivity index (χ3v) is 5.18. The minimum absolute atomic E-state index is 0.189. The van der Waals surface area contributed by atoms with Crippen LogP contribution in [0.2, 0.25) is 10.0 Å². The second-order valence-electron chi connectivity index (χ2n) is 5.69. The fourth-order valence-corrected chi connectivity index (χ4v) is 2.65. The monoisotopic (exact) mass is 321 g/mol. The van der Waals surface area contributed by atoms with Gasteiger partial charge in [-0.15, -0.1) is 4.72 Å². The molecule has 2 atom stereocenters. The first-order valence-electron chi connectivity index (χ1n) is 6.32. The Balaban J connectivity index is 2.46. The van der Waals surface area contributed by atoms with Gasteiger partial charge in [-0.1, -0.05) is 29.3 Å². The van der Waals surface area contributed by atoms with Crippen LogP contribution >= 0.6 is 23.2 Å². The van der Waals surface area contributed by atoms with Gasteiger partial charge >= 0.3 is 0 Å². The van der Waals surface area contributed by atoms with E-state index in [0.717, 1.165) is 18.4 Å². The van der Waals surface area contributed by atoms with Crippen LogP contribution in [-0.2, 0) is 17.8 Å². The zero-order valence-corrected chi connectivity index (χ0v) is 14.1. The highest BCUT2D eigenvalue weighted by Gasteiger charge is 2.27. The molecular formula is C14H21Cl2NOS. The Bertz CT molecular complexity index is 420. The lowest BCUT2D eigenvalue weighted by Gasteiger charge is -2.26. The van der Waals surface area contributed by atoms with E-state index in [2.05, 4.69) is 4.72 Å². The molecule has 0 aliphatic rings. The van der Waals surface area contributed by atoms with Crippen LogP contribution in [0.15, 0.2) is 18.2 Å². The molecule has 0 heterocycles. The van der Waals surface area contributed by atoms with Crippen LogP contribution in [0.25, 0.3) is 0 Å². The zero-order chi connectivity index (χ0) is 14.6. The van der Waals surface area contributed by atoms with Crippen molar-refractivity contribution in [3.63, 3.8) is 0 Å². The predicted octanol–water partition coefficient (Wildman–Crippen LogP) is 4.37. The summed E-state index contributed by atoms with van der Waals surface area (Å²) in [4.78, 5) is 0. The van der Waals surface area contributed by atoms with Gasteiger partial charge in [0.25, 0.3) is 0 Å². The quantitative estimate of drug-likeness (QED) is 0.817. The Kier molecular flexibility index (Phi) is 6.48. The van der Waals surface area contributed by atoms with E-state index in [0.29, 0.717) is 10.0 Å². The Morgan fingerprint density at radius 2 is 1.89 bits per heavy atom. The van der Waals surface area contributed by atoms with Crippen molar-refractivity contribution in [1.29, 1.82) is 0 Å². The molecule has 0 fully saturated rings. The fourth-order valence-electron chi connectivity index (χ4n) is 1.50. The largest absolute Gasteiger partial charge is 0.598 e. The molecule has 1 aromatic carbocycles. The van der Waals surface area contributed by atoms with Crippen molar-refractivity contribution < 1.29 is 4.55 Å². The summed E-state index contributed by atoms with van der Waals surface area (Å²) in [6, 6.07) is 5.86. The number of benzene rings is 1. The molecule has 0 aromatic heterocycles. The lowest BCUT2D eigenvalue weighted by atomic mass is 10.1. The molecule has 0 saturated carbocycles. The van der Waals surface area contributed by atoms with Crippen LogP contribution in [-0.4, -0.2) is 15.3 Å². The van der Waals surface area contributed by atoms with Gasteiger partial charge in [0.05, 0.1) is 16.1 Å². The number of halogens is 2. The molecule has 1 aromatic rings. The molecule has 1 rings (SSSR count). The Hall–Kier alpha value is 0.0700. The van der Waals surface area contributed by atoms with E-state index in [1.165, 1.54) is 0 Å². The van der Waals surface area contributed by atoms with Gasteiger partial charge in [0.15, 0.2) is 0 Å². The van der Waals surface area contributed by atoms with Gasteiger partial charge in [-0.2, -0.15) is 0 Å². The van der Waals surface area contributed by atoms with E-state index in [1.54, 1.807) is 0 Å². The topological polar surface area (TPSA) is 35.1 Å². The van der Waals surface area contributed by atoms with Gasteiger partial charge in [-0.25, -0.2) is 0 Å². The smallest absolute Gasteiger partial charge is 0.136 e. The average Bonchev–Trinajstić information content (AvgIpc) is 2.29. The lowest BCUT2D eigenvalue weighted by Crippen LogP contribution is -2.43. The van der Waals surface area contributed by atoms with Crippen LogP contribution in [0.3, 0.4) is 0 Å². The molecule has 108 valence electrons. The van der Waals surface area contributed by atoms with Gasteiger partial charge < -0.3 is 4.55 Å². The molecule has 0 unspecified atom stereocenters. The van der Waals surface area contributed by atoms with Crippen LogP contribution in [0.5, 0.6) is 0 Å². The van der Waals surface area contributed by atoms with Gasteiger partial charge in [0, 0.05) is 11.4 Å². The number of rotatable bonds is 5. The van der Waals surface area contributed by atoms with Crippen molar-refractivity contribution >= 4 is 34.6 Å². The summed E-state index contributed by atoms with van der Waals surface area (Å²) in [7, 11) is 0. The van der Waals surface area contributed by atoms with Crippen LogP contribution in [0.1, 0.15) is 39.7 Å². The highest BCUT2D eigenvalue weighted by molar-refractivity contribution is 7.90. The van der Waals surface area contributed by atoms with Gasteiger partial charge in [-0.3, -0.25) is 0 Å². The van der Waals surface area contributed by atoms with Gasteiger partial charge in [-0.05, 0) is 58.2 Å². The van der Waals surface area contributed by atoms with E-state index >= 15 is 0 Å². The molecule has 0 bridgehead atoms. The van der Waals surface area contributed by atoms with E-state index in [9.17, 15) is 4.55 Å². The van der Waals surface area contributed by atoms with Crippen molar-refractivity contribution in [3.05, 3.63) is 33.8 Å². The van der Waals surface area contributed by atoms with Crippen molar-refractivity contribution in [2.45, 2.75) is 51.3 Å². The first kappa shape index (κ1) is 17.1. The Labute approximate surface area is 129 Å². The maximum atomic E-state index is 11.9. The SMILES string of the molecule is C[C@H](CCc1ccc(Cl)c(Cl)c1)N[S@+]([O-])C(C)(C)C. The summed E-state index contributed by atoms with van der Waals surface area (Å²) >= 11 is 10.8. The molecule has 2 nitrogen and oxygen atoms in total. The summed E-state index contributed by atoms with van der Waals surface area (Å²) in [5.41, 5.74) is 1.14. The normalized spacial score (nSPS) is 15.3. The molecule has 19 heavy (non-hydrogen) atoms. The lowest BCUT2D eigenvalue weighted by molar-refractivity contribution is 0.517. The van der Waals surface area contributed by atoms with Crippen LogP contribution in [0, 0.1) is 0 Å². The highest BCUT2D eigenvalue weighted by Crippen LogP contribution is 2.23. The molecule has 0 amide bonds. The molecular weight excluding hydrogens is 301 g/mol. The number of hydrogen-bond acceptors (Lipinski definition) is 2. The maximum Gasteiger partial charge on any atom is 0.136 e. The Morgan fingerprint density at radius 1 is 1.26 bits per heavy atom. The minimum atomic E-state index is -1.03. The summed E-state index contributed by atoms with van der Waals surface area (Å²) < 4.78 is 14.8. The molecule has 1 N–H and O–H groups in total.